The maximum atomic E-state index is 13.9. The van der Waals surface area contributed by atoms with E-state index in [-0.39, 0.29) is 41.2 Å². The highest BCUT2D eigenvalue weighted by atomic mass is 19.4. The van der Waals surface area contributed by atoms with E-state index in [0.29, 0.717) is 12.1 Å². The Bertz CT molecular complexity index is 1270. The maximum absolute atomic E-state index is 13.9. The number of halogens is 5. The van der Waals surface area contributed by atoms with Gasteiger partial charge in [0.15, 0.2) is 0 Å². The summed E-state index contributed by atoms with van der Waals surface area (Å²) in [7, 11) is 0. The molecule has 1 aliphatic rings. The Labute approximate surface area is 183 Å². The SMILES string of the molecule is NC(=O)c1c(-c2cccc(F)c2)nn2c1C(c1ccc(F)c(C(F)(F)F)c1)N(C(N)=O)CC2. The molecule has 1 aliphatic heterocycles. The summed E-state index contributed by atoms with van der Waals surface area (Å²) in [4.78, 5) is 25.6. The van der Waals surface area contributed by atoms with Crippen LogP contribution < -0.4 is 11.5 Å². The summed E-state index contributed by atoms with van der Waals surface area (Å²) in [6, 6.07) is 5.07. The minimum Gasteiger partial charge on any atom is -0.365 e. The molecule has 0 bridgehead atoms. The van der Waals surface area contributed by atoms with E-state index >= 15 is 0 Å². The Hall–Kier alpha value is -3.96. The number of benzene rings is 2. The standard InChI is InChI=1S/C21H16F5N5O2/c22-12-3-1-2-10(8-12)16-15(19(27)32)18-17(30(20(28)33)6-7-31(18)29-16)11-4-5-14(23)13(9-11)21(24,25)26/h1-5,8-9,17H,6-7H2,(H2,27,32)(H2,28,33). The lowest BCUT2D eigenvalue weighted by atomic mass is 9.93. The van der Waals surface area contributed by atoms with Gasteiger partial charge in [-0.2, -0.15) is 18.3 Å². The normalized spacial score (nSPS) is 15.9. The van der Waals surface area contributed by atoms with Gasteiger partial charge in [-0.15, -0.1) is 0 Å². The van der Waals surface area contributed by atoms with E-state index in [1.54, 1.807) is 0 Å². The number of nitrogens with two attached hydrogens (primary N) is 2. The van der Waals surface area contributed by atoms with Gasteiger partial charge in [0, 0.05) is 12.1 Å². The summed E-state index contributed by atoms with van der Waals surface area (Å²) in [5.41, 5.74) is 9.31. The number of fused-ring (bicyclic) bond motifs is 1. The smallest absolute Gasteiger partial charge is 0.365 e. The molecule has 1 unspecified atom stereocenters. The first kappa shape index (κ1) is 22.2. The highest BCUT2D eigenvalue weighted by Crippen LogP contribution is 2.40. The molecular formula is C21H16F5N5O2. The second kappa shape index (κ2) is 7.87. The molecule has 4 N–H and O–H groups in total. The number of hydrogen-bond donors (Lipinski definition) is 2. The lowest BCUT2D eigenvalue weighted by molar-refractivity contribution is -0.140. The first-order valence-corrected chi connectivity index (χ1v) is 9.58. The number of amides is 3. The van der Waals surface area contributed by atoms with Gasteiger partial charge in [-0.05, 0) is 29.8 Å². The van der Waals surface area contributed by atoms with E-state index in [1.165, 1.54) is 22.9 Å². The molecule has 0 fully saturated rings. The zero-order chi connectivity index (χ0) is 24.1. The number of urea groups is 1. The lowest BCUT2D eigenvalue weighted by Gasteiger charge is -2.36. The summed E-state index contributed by atoms with van der Waals surface area (Å²) in [5, 5.41) is 4.32. The Balaban J connectivity index is 1.99. The molecule has 172 valence electrons. The van der Waals surface area contributed by atoms with Gasteiger partial charge in [0.05, 0.1) is 23.4 Å². The molecule has 4 rings (SSSR count). The summed E-state index contributed by atoms with van der Waals surface area (Å²) >= 11 is 0. The van der Waals surface area contributed by atoms with E-state index in [9.17, 15) is 31.5 Å². The summed E-state index contributed by atoms with van der Waals surface area (Å²) in [6.07, 6.45) is -5.01. The second-order valence-electron chi connectivity index (χ2n) is 7.38. The van der Waals surface area contributed by atoms with Gasteiger partial charge in [0.1, 0.15) is 23.4 Å². The van der Waals surface area contributed by atoms with Crippen molar-refractivity contribution in [3.63, 3.8) is 0 Å². The zero-order valence-corrected chi connectivity index (χ0v) is 16.7. The van der Waals surface area contributed by atoms with E-state index in [1.807, 2.05) is 0 Å². The highest BCUT2D eigenvalue weighted by Gasteiger charge is 2.40. The van der Waals surface area contributed by atoms with Crippen LogP contribution in [0.4, 0.5) is 26.7 Å². The largest absolute Gasteiger partial charge is 0.419 e. The van der Waals surface area contributed by atoms with Crippen LogP contribution >= 0.6 is 0 Å². The van der Waals surface area contributed by atoms with Crippen LogP contribution in [-0.4, -0.2) is 33.2 Å². The van der Waals surface area contributed by atoms with Crippen LogP contribution in [0.25, 0.3) is 11.3 Å². The summed E-state index contributed by atoms with van der Waals surface area (Å²) < 4.78 is 69.1. The van der Waals surface area contributed by atoms with Crippen molar-refractivity contribution in [2.24, 2.45) is 11.5 Å². The fourth-order valence-electron chi connectivity index (χ4n) is 3.99. The molecule has 7 nitrogen and oxygen atoms in total. The molecule has 2 heterocycles. The van der Waals surface area contributed by atoms with Crippen LogP contribution in [0.3, 0.4) is 0 Å². The van der Waals surface area contributed by atoms with E-state index in [2.05, 4.69) is 5.10 Å². The molecule has 3 amide bonds. The minimum atomic E-state index is -5.01. The fraction of sp³-hybridized carbons (Fsp3) is 0.190. The first-order valence-electron chi connectivity index (χ1n) is 9.58. The van der Waals surface area contributed by atoms with Gasteiger partial charge in [-0.3, -0.25) is 9.48 Å². The molecule has 1 atom stereocenters. The van der Waals surface area contributed by atoms with Crippen molar-refractivity contribution in [2.45, 2.75) is 18.8 Å². The molecule has 33 heavy (non-hydrogen) atoms. The average Bonchev–Trinajstić information content (AvgIpc) is 3.12. The minimum absolute atomic E-state index is 0.00783. The third kappa shape index (κ3) is 3.88. The first-order chi connectivity index (χ1) is 15.5. The number of primary amides is 2. The number of carbonyl (C=O) groups is 2. The number of aromatic nitrogens is 2. The predicted molar refractivity (Wildman–Crippen MR) is 106 cm³/mol. The van der Waals surface area contributed by atoms with Crippen LogP contribution in [0.15, 0.2) is 42.5 Å². The Morgan fingerprint density at radius 2 is 1.76 bits per heavy atom. The van der Waals surface area contributed by atoms with Crippen LogP contribution in [0.5, 0.6) is 0 Å². The Morgan fingerprint density at radius 3 is 2.36 bits per heavy atom. The fourth-order valence-corrected chi connectivity index (χ4v) is 3.99. The summed E-state index contributed by atoms with van der Waals surface area (Å²) in [6.45, 7) is -0.0219. The van der Waals surface area contributed by atoms with Gasteiger partial charge in [0.25, 0.3) is 5.91 Å². The number of carbonyl (C=O) groups excluding carboxylic acids is 2. The van der Waals surface area contributed by atoms with Gasteiger partial charge >= 0.3 is 12.2 Å². The van der Waals surface area contributed by atoms with Crippen molar-refractivity contribution in [3.8, 4) is 11.3 Å². The molecular weight excluding hydrogens is 449 g/mol. The molecule has 0 radical (unpaired) electrons. The van der Waals surface area contributed by atoms with Crippen molar-refractivity contribution >= 4 is 11.9 Å². The topological polar surface area (TPSA) is 107 Å². The maximum Gasteiger partial charge on any atom is 0.419 e. The van der Waals surface area contributed by atoms with Gasteiger partial charge in [0.2, 0.25) is 0 Å². The number of nitrogens with zero attached hydrogens (tertiary/aromatic N) is 3. The molecule has 2 aromatic carbocycles. The van der Waals surface area contributed by atoms with E-state index in [4.69, 9.17) is 11.5 Å². The van der Waals surface area contributed by atoms with Gasteiger partial charge in [-0.1, -0.05) is 18.2 Å². The van der Waals surface area contributed by atoms with Gasteiger partial charge in [-0.25, -0.2) is 13.6 Å². The van der Waals surface area contributed by atoms with Crippen LogP contribution in [0.1, 0.15) is 33.2 Å². The Kier molecular flexibility index (Phi) is 5.30. The molecule has 3 aromatic rings. The van der Waals surface area contributed by atoms with Crippen molar-refractivity contribution in [3.05, 3.63) is 76.5 Å². The van der Waals surface area contributed by atoms with Crippen LogP contribution in [0.2, 0.25) is 0 Å². The predicted octanol–water partition coefficient (Wildman–Crippen LogP) is 3.43. The Morgan fingerprint density at radius 1 is 1.03 bits per heavy atom. The number of hydrogen-bond acceptors (Lipinski definition) is 3. The number of rotatable bonds is 3. The van der Waals surface area contributed by atoms with Crippen molar-refractivity contribution < 1.29 is 31.5 Å². The molecule has 12 heteroatoms. The lowest BCUT2D eigenvalue weighted by Crippen LogP contribution is -2.46. The van der Waals surface area contributed by atoms with Crippen LogP contribution in [0, 0.1) is 11.6 Å². The second-order valence-corrected chi connectivity index (χ2v) is 7.38. The molecule has 0 aliphatic carbocycles. The highest BCUT2D eigenvalue weighted by molar-refractivity contribution is 6.00. The number of alkyl halides is 3. The zero-order valence-electron chi connectivity index (χ0n) is 16.7. The van der Waals surface area contributed by atoms with Crippen molar-refractivity contribution in [1.29, 1.82) is 0 Å². The average molecular weight is 465 g/mol. The van der Waals surface area contributed by atoms with E-state index < -0.39 is 41.4 Å². The molecule has 0 saturated heterocycles. The third-order valence-electron chi connectivity index (χ3n) is 5.35. The third-order valence-corrected chi connectivity index (χ3v) is 5.35. The van der Waals surface area contributed by atoms with Crippen LogP contribution in [-0.2, 0) is 12.7 Å². The molecule has 0 spiro atoms. The molecule has 1 aromatic heterocycles. The van der Waals surface area contributed by atoms with Crippen molar-refractivity contribution in [2.75, 3.05) is 6.54 Å². The molecule has 0 saturated carbocycles. The monoisotopic (exact) mass is 465 g/mol. The van der Waals surface area contributed by atoms with Gasteiger partial charge < -0.3 is 16.4 Å². The van der Waals surface area contributed by atoms with E-state index in [0.717, 1.165) is 17.0 Å². The quantitative estimate of drug-likeness (QED) is 0.579. The summed E-state index contributed by atoms with van der Waals surface area (Å²) in [5.74, 6) is -3.11. The van der Waals surface area contributed by atoms with Crippen molar-refractivity contribution in [1.82, 2.24) is 14.7 Å².